The molecule has 72 valence electrons. The molecule has 1 aromatic carbocycles. The predicted molar refractivity (Wildman–Crippen MR) is 60.9 cm³/mol. The number of nitrogens with two attached hydrogens (primary N) is 1. The maximum atomic E-state index is 5.76. The first-order valence-electron chi connectivity index (χ1n) is 4.25. The lowest BCUT2D eigenvalue weighted by molar-refractivity contribution is 1.15. The fourth-order valence-corrected chi connectivity index (χ4v) is 1.61. The Hall–Kier alpha value is -1.29. The van der Waals surface area contributed by atoms with Crippen LogP contribution in [-0.4, -0.2) is 9.97 Å². The zero-order chi connectivity index (χ0) is 10.1. The zero-order valence-corrected chi connectivity index (χ0v) is 9.30. The fraction of sp³-hybridized carbons (Fsp3) is 0.100. The van der Waals surface area contributed by atoms with Gasteiger partial charge in [-0.05, 0) is 19.1 Å². The molecule has 0 aliphatic heterocycles. The van der Waals surface area contributed by atoms with Gasteiger partial charge in [-0.25, -0.2) is 4.98 Å². The molecular formula is C10H10BrN3. The second kappa shape index (κ2) is 3.46. The highest BCUT2D eigenvalue weighted by molar-refractivity contribution is 9.10. The van der Waals surface area contributed by atoms with E-state index in [0.717, 1.165) is 21.6 Å². The van der Waals surface area contributed by atoms with Crippen LogP contribution in [-0.2, 0) is 0 Å². The highest BCUT2D eigenvalue weighted by Gasteiger charge is 2.06. The molecule has 0 atom stereocenters. The average Bonchev–Trinajstić information content (AvgIpc) is 2.47. The second-order valence-corrected chi connectivity index (χ2v) is 4.01. The highest BCUT2D eigenvalue weighted by Crippen LogP contribution is 2.24. The summed E-state index contributed by atoms with van der Waals surface area (Å²) in [7, 11) is 0. The minimum atomic E-state index is 0.546. The Kier molecular flexibility index (Phi) is 2.29. The van der Waals surface area contributed by atoms with Crippen molar-refractivity contribution in [2.24, 2.45) is 0 Å². The molecule has 2 rings (SSSR count). The first-order valence-corrected chi connectivity index (χ1v) is 5.04. The van der Waals surface area contributed by atoms with Gasteiger partial charge < -0.3 is 10.7 Å². The molecule has 1 aromatic heterocycles. The van der Waals surface area contributed by atoms with Crippen LogP contribution in [0, 0.1) is 6.92 Å². The van der Waals surface area contributed by atoms with E-state index in [0.29, 0.717) is 5.82 Å². The summed E-state index contributed by atoms with van der Waals surface area (Å²) >= 11 is 3.38. The predicted octanol–water partition coefficient (Wildman–Crippen LogP) is 2.73. The van der Waals surface area contributed by atoms with E-state index in [1.165, 1.54) is 0 Å². The first-order chi connectivity index (χ1) is 6.66. The van der Waals surface area contributed by atoms with Gasteiger partial charge in [-0.2, -0.15) is 0 Å². The average molecular weight is 252 g/mol. The maximum absolute atomic E-state index is 5.76. The third-order valence-corrected chi connectivity index (χ3v) is 2.51. The summed E-state index contributed by atoms with van der Waals surface area (Å²) < 4.78 is 1.05. The van der Waals surface area contributed by atoms with E-state index in [2.05, 4.69) is 25.9 Å². The molecule has 4 heteroatoms. The molecule has 0 radical (unpaired) electrons. The number of benzene rings is 1. The number of H-pyrrole nitrogens is 1. The van der Waals surface area contributed by atoms with Crippen LogP contribution < -0.4 is 5.73 Å². The number of anilines is 1. The van der Waals surface area contributed by atoms with Crippen LogP contribution in [0.25, 0.3) is 11.3 Å². The van der Waals surface area contributed by atoms with Gasteiger partial charge in [0.05, 0.1) is 5.69 Å². The van der Waals surface area contributed by atoms with Gasteiger partial charge in [0.1, 0.15) is 11.6 Å². The molecule has 3 nitrogen and oxygen atoms in total. The number of nitrogens with zero attached hydrogens (tertiary/aromatic N) is 1. The van der Waals surface area contributed by atoms with E-state index in [4.69, 9.17) is 5.73 Å². The normalized spacial score (nSPS) is 10.4. The zero-order valence-electron chi connectivity index (χ0n) is 7.71. The molecular weight excluding hydrogens is 242 g/mol. The van der Waals surface area contributed by atoms with Crippen LogP contribution in [0.2, 0.25) is 0 Å². The molecule has 0 unspecified atom stereocenters. The number of hydrogen-bond acceptors (Lipinski definition) is 2. The number of hydrogen-bond donors (Lipinski definition) is 2. The van der Waals surface area contributed by atoms with Crippen LogP contribution in [0.15, 0.2) is 28.7 Å². The number of aryl methyl sites for hydroxylation is 1. The summed E-state index contributed by atoms with van der Waals surface area (Å²) in [5, 5.41) is 0. The number of aromatic amines is 1. The molecule has 2 aromatic rings. The lowest BCUT2D eigenvalue weighted by Crippen LogP contribution is -1.87. The molecule has 3 N–H and O–H groups in total. The minimum Gasteiger partial charge on any atom is -0.382 e. The van der Waals surface area contributed by atoms with Crippen LogP contribution in [0.1, 0.15) is 5.82 Å². The van der Waals surface area contributed by atoms with Gasteiger partial charge in [0.2, 0.25) is 0 Å². The SMILES string of the molecule is Cc1nc(N)c(-c2ccc(Br)cc2)[nH]1. The van der Waals surface area contributed by atoms with Crippen LogP contribution in [0.3, 0.4) is 0 Å². The van der Waals surface area contributed by atoms with Gasteiger partial charge in [-0.15, -0.1) is 0 Å². The van der Waals surface area contributed by atoms with Gasteiger partial charge in [0, 0.05) is 10.0 Å². The van der Waals surface area contributed by atoms with E-state index < -0.39 is 0 Å². The standard InChI is InChI=1S/C10H10BrN3/c1-6-13-9(10(12)14-6)7-2-4-8(11)5-3-7/h2-5H,12H2,1H3,(H,13,14). The van der Waals surface area contributed by atoms with Crippen molar-refractivity contribution in [3.63, 3.8) is 0 Å². The fourth-order valence-electron chi connectivity index (χ4n) is 1.35. The van der Waals surface area contributed by atoms with Crippen molar-refractivity contribution in [1.29, 1.82) is 0 Å². The van der Waals surface area contributed by atoms with Crippen molar-refractivity contribution in [3.05, 3.63) is 34.6 Å². The number of aromatic nitrogens is 2. The Bertz CT molecular complexity index is 445. The van der Waals surface area contributed by atoms with E-state index in [1.54, 1.807) is 0 Å². The van der Waals surface area contributed by atoms with Crippen molar-refractivity contribution < 1.29 is 0 Å². The lowest BCUT2D eigenvalue weighted by Gasteiger charge is -1.98. The Morgan fingerprint density at radius 2 is 1.93 bits per heavy atom. The van der Waals surface area contributed by atoms with E-state index in [9.17, 15) is 0 Å². The number of imidazole rings is 1. The lowest BCUT2D eigenvalue weighted by atomic mass is 10.1. The maximum Gasteiger partial charge on any atom is 0.149 e. The molecule has 0 saturated heterocycles. The summed E-state index contributed by atoms with van der Waals surface area (Å²) in [6.45, 7) is 1.89. The molecule has 0 aliphatic carbocycles. The molecule has 1 heterocycles. The van der Waals surface area contributed by atoms with Gasteiger partial charge >= 0.3 is 0 Å². The number of rotatable bonds is 1. The molecule has 0 saturated carbocycles. The van der Waals surface area contributed by atoms with Crippen molar-refractivity contribution >= 4 is 21.7 Å². The Labute approximate surface area is 90.5 Å². The monoisotopic (exact) mass is 251 g/mol. The van der Waals surface area contributed by atoms with Gasteiger partial charge in [0.25, 0.3) is 0 Å². The Balaban J connectivity index is 2.49. The highest BCUT2D eigenvalue weighted by atomic mass is 79.9. The van der Waals surface area contributed by atoms with Crippen LogP contribution in [0.5, 0.6) is 0 Å². The molecule has 0 aliphatic rings. The first kappa shape index (κ1) is 9.27. The quantitative estimate of drug-likeness (QED) is 0.819. The number of nitrogen functional groups attached to an aromatic ring is 1. The van der Waals surface area contributed by atoms with Gasteiger partial charge in [0.15, 0.2) is 0 Å². The van der Waals surface area contributed by atoms with Crippen molar-refractivity contribution in [1.82, 2.24) is 9.97 Å². The third kappa shape index (κ3) is 1.65. The largest absolute Gasteiger partial charge is 0.382 e. The van der Waals surface area contributed by atoms with Crippen molar-refractivity contribution in [2.45, 2.75) is 6.92 Å². The van der Waals surface area contributed by atoms with Gasteiger partial charge in [-0.1, -0.05) is 28.1 Å². The number of halogens is 1. The third-order valence-electron chi connectivity index (χ3n) is 1.98. The molecule has 14 heavy (non-hydrogen) atoms. The Morgan fingerprint density at radius 3 is 2.43 bits per heavy atom. The van der Waals surface area contributed by atoms with Crippen LogP contribution >= 0.6 is 15.9 Å². The van der Waals surface area contributed by atoms with Gasteiger partial charge in [-0.3, -0.25) is 0 Å². The van der Waals surface area contributed by atoms with Crippen LogP contribution in [0.4, 0.5) is 5.82 Å². The molecule has 0 spiro atoms. The summed E-state index contributed by atoms with van der Waals surface area (Å²) in [6, 6.07) is 7.94. The number of nitrogens with one attached hydrogen (secondary N) is 1. The second-order valence-electron chi connectivity index (χ2n) is 3.09. The van der Waals surface area contributed by atoms with Crippen molar-refractivity contribution in [3.8, 4) is 11.3 Å². The minimum absolute atomic E-state index is 0.546. The summed E-state index contributed by atoms with van der Waals surface area (Å²) in [5.41, 5.74) is 7.69. The van der Waals surface area contributed by atoms with E-state index >= 15 is 0 Å². The molecule has 0 fully saturated rings. The summed E-state index contributed by atoms with van der Waals surface area (Å²) in [5.74, 6) is 1.38. The molecule has 0 amide bonds. The van der Waals surface area contributed by atoms with E-state index in [1.807, 2.05) is 31.2 Å². The smallest absolute Gasteiger partial charge is 0.149 e. The molecule has 0 bridgehead atoms. The van der Waals surface area contributed by atoms with Crippen molar-refractivity contribution in [2.75, 3.05) is 5.73 Å². The Morgan fingerprint density at radius 1 is 1.29 bits per heavy atom. The summed E-state index contributed by atoms with van der Waals surface area (Å²) in [6.07, 6.45) is 0. The summed E-state index contributed by atoms with van der Waals surface area (Å²) in [4.78, 5) is 7.25. The van der Waals surface area contributed by atoms with E-state index in [-0.39, 0.29) is 0 Å². The topological polar surface area (TPSA) is 54.7 Å².